The molecule has 2 aliphatic heterocycles. The molecule has 4 rings (SSSR count). The lowest BCUT2D eigenvalue weighted by Crippen LogP contribution is -2.38. The zero-order valence-corrected chi connectivity index (χ0v) is 13.0. The van der Waals surface area contributed by atoms with Crippen LogP contribution in [-0.2, 0) is 9.59 Å². The molecular formula is C15H15N5O4. The van der Waals surface area contributed by atoms with Crippen molar-refractivity contribution in [1.29, 1.82) is 0 Å². The first kappa shape index (κ1) is 14.6. The van der Waals surface area contributed by atoms with E-state index in [0.29, 0.717) is 18.6 Å². The van der Waals surface area contributed by atoms with Gasteiger partial charge in [0.25, 0.3) is 11.5 Å². The number of carbonyl (C=O) groups excluding carboxylic acids is 3. The van der Waals surface area contributed by atoms with Gasteiger partial charge in [-0.25, -0.2) is 9.50 Å². The number of nitrogens with one attached hydrogen (secondary N) is 2. The zero-order chi connectivity index (χ0) is 17.1. The monoisotopic (exact) mass is 329 g/mol. The average molecular weight is 329 g/mol. The van der Waals surface area contributed by atoms with Gasteiger partial charge in [-0.15, -0.1) is 0 Å². The molecule has 0 bridgehead atoms. The molecule has 0 unspecified atom stereocenters. The van der Waals surface area contributed by atoms with Gasteiger partial charge in [-0.3, -0.25) is 29.6 Å². The number of carbonyl (C=O) groups is 3. The van der Waals surface area contributed by atoms with Crippen molar-refractivity contribution in [2.45, 2.75) is 19.8 Å². The van der Waals surface area contributed by atoms with Crippen LogP contribution in [0.1, 0.15) is 28.9 Å². The normalized spacial score (nSPS) is 23.5. The van der Waals surface area contributed by atoms with Crippen LogP contribution in [-0.4, -0.2) is 50.3 Å². The number of aryl methyl sites for hydroxylation is 1. The summed E-state index contributed by atoms with van der Waals surface area (Å²) in [7, 11) is 0. The quantitative estimate of drug-likeness (QED) is 0.665. The molecule has 2 aromatic rings. The first-order valence-corrected chi connectivity index (χ1v) is 7.61. The Balaban J connectivity index is 1.66. The first-order chi connectivity index (χ1) is 11.4. The van der Waals surface area contributed by atoms with E-state index in [1.807, 2.05) is 0 Å². The number of hydrogen-bond acceptors (Lipinski definition) is 5. The van der Waals surface area contributed by atoms with Gasteiger partial charge in [0.2, 0.25) is 11.8 Å². The Bertz CT molecular complexity index is 958. The number of aromatic nitrogens is 3. The fraction of sp³-hybridized carbons (Fsp3) is 0.400. The minimum atomic E-state index is -0.858. The van der Waals surface area contributed by atoms with Crippen LogP contribution < -0.4 is 10.9 Å². The summed E-state index contributed by atoms with van der Waals surface area (Å²) in [6, 6.07) is 1.70. The number of rotatable bonds is 1. The van der Waals surface area contributed by atoms with E-state index in [4.69, 9.17) is 0 Å². The molecule has 9 heteroatoms. The summed E-state index contributed by atoms with van der Waals surface area (Å²) >= 11 is 0. The molecule has 0 aromatic carbocycles. The number of amides is 3. The van der Waals surface area contributed by atoms with E-state index in [2.05, 4.69) is 15.4 Å². The van der Waals surface area contributed by atoms with Gasteiger partial charge in [0, 0.05) is 37.5 Å². The van der Waals surface area contributed by atoms with Crippen molar-refractivity contribution >= 4 is 23.4 Å². The molecule has 124 valence electrons. The van der Waals surface area contributed by atoms with Crippen molar-refractivity contribution in [3.63, 3.8) is 0 Å². The highest BCUT2D eigenvalue weighted by Crippen LogP contribution is 2.37. The zero-order valence-electron chi connectivity index (χ0n) is 13.0. The second-order valence-electron chi connectivity index (χ2n) is 6.42. The van der Waals surface area contributed by atoms with E-state index in [9.17, 15) is 19.2 Å². The molecule has 3 amide bonds. The molecule has 0 radical (unpaired) electrons. The largest absolute Gasteiger partial charge is 0.337 e. The van der Waals surface area contributed by atoms with Gasteiger partial charge in [-0.1, -0.05) is 0 Å². The summed E-state index contributed by atoms with van der Waals surface area (Å²) in [5.74, 6) is -1.13. The van der Waals surface area contributed by atoms with Crippen molar-refractivity contribution in [2.75, 3.05) is 13.1 Å². The third-order valence-corrected chi connectivity index (χ3v) is 4.73. The number of imide groups is 1. The second kappa shape index (κ2) is 4.76. The second-order valence-corrected chi connectivity index (χ2v) is 6.42. The van der Waals surface area contributed by atoms with E-state index in [-0.39, 0.29) is 30.3 Å². The van der Waals surface area contributed by atoms with Gasteiger partial charge in [0.1, 0.15) is 5.56 Å². The molecular weight excluding hydrogens is 314 g/mol. The maximum absolute atomic E-state index is 12.7. The van der Waals surface area contributed by atoms with Gasteiger partial charge in [-0.05, 0) is 13.3 Å². The fourth-order valence-electron chi connectivity index (χ4n) is 3.46. The number of aromatic amines is 1. The van der Waals surface area contributed by atoms with Crippen molar-refractivity contribution in [3.8, 4) is 0 Å². The summed E-state index contributed by atoms with van der Waals surface area (Å²) in [6.07, 6.45) is 1.76. The van der Waals surface area contributed by atoms with E-state index >= 15 is 0 Å². The highest BCUT2D eigenvalue weighted by atomic mass is 16.2. The highest BCUT2D eigenvalue weighted by molar-refractivity contribution is 6.06. The summed E-state index contributed by atoms with van der Waals surface area (Å²) in [4.78, 5) is 54.2. The Labute approximate surface area is 135 Å². The Morgan fingerprint density at radius 1 is 1.33 bits per heavy atom. The lowest BCUT2D eigenvalue weighted by atomic mass is 9.85. The minimum Gasteiger partial charge on any atom is -0.337 e. The maximum atomic E-state index is 12.7. The lowest BCUT2D eigenvalue weighted by molar-refractivity contribution is -0.128. The number of likely N-dealkylation sites (tertiary alicyclic amines) is 1. The molecule has 4 heterocycles. The standard InChI is InChI=1S/C15H15N5O4/c1-8-4-10-16-6-9(13(23)20(10)18-8)12(22)19-3-2-15(7-19)5-11(21)17-14(15)24/h4,6,18H,2-3,5,7H2,1H3,(H,17,21,24)/t15-/m0/s1. The Morgan fingerprint density at radius 3 is 2.83 bits per heavy atom. The van der Waals surface area contributed by atoms with Gasteiger partial charge < -0.3 is 4.90 Å². The van der Waals surface area contributed by atoms with Gasteiger partial charge in [-0.2, -0.15) is 0 Å². The van der Waals surface area contributed by atoms with Crippen molar-refractivity contribution in [1.82, 2.24) is 24.8 Å². The number of hydrogen-bond donors (Lipinski definition) is 2. The summed E-state index contributed by atoms with van der Waals surface area (Å²) < 4.78 is 1.22. The predicted molar refractivity (Wildman–Crippen MR) is 81.3 cm³/mol. The SMILES string of the molecule is Cc1cc2ncc(C(=O)N3CC[C@]4(CC(=O)NC4=O)C3)c(=O)n2[nH]1. The number of nitrogens with zero attached hydrogens (tertiary/aromatic N) is 3. The molecule has 2 saturated heterocycles. The van der Waals surface area contributed by atoms with Crippen LogP contribution in [0.25, 0.3) is 5.65 Å². The average Bonchev–Trinajstić information content (AvgIpc) is 3.18. The molecule has 2 N–H and O–H groups in total. The molecule has 1 spiro atoms. The van der Waals surface area contributed by atoms with Crippen LogP contribution in [0.4, 0.5) is 0 Å². The fourth-order valence-corrected chi connectivity index (χ4v) is 3.46. The molecule has 2 fully saturated rings. The van der Waals surface area contributed by atoms with Crippen LogP contribution in [0.2, 0.25) is 0 Å². The van der Waals surface area contributed by atoms with Crippen LogP contribution in [0, 0.1) is 12.3 Å². The number of H-pyrrole nitrogens is 1. The Kier molecular flexibility index (Phi) is 2.90. The van der Waals surface area contributed by atoms with Gasteiger partial charge in [0.15, 0.2) is 5.65 Å². The number of fused-ring (bicyclic) bond motifs is 1. The smallest absolute Gasteiger partial charge is 0.285 e. The van der Waals surface area contributed by atoms with E-state index in [1.54, 1.807) is 13.0 Å². The van der Waals surface area contributed by atoms with E-state index in [1.165, 1.54) is 15.6 Å². The van der Waals surface area contributed by atoms with Crippen molar-refractivity contribution < 1.29 is 14.4 Å². The van der Waals surface area contributed by atoms with Crippen LogP contribution >= 0.6 is 0 Å². The van der Waals surface area contributed by atoms with E-state index < -0.39 is 16.9 Å². The van der Waals surface area contributed by atoms with E-state index in [0.717, 1.165) is 5.69 Å². The minimum absolute atomic E-state index is 0.0591. The maximum Gasteiger partial charge on any atom is 0.285 e. The van der Waals surface area contributed by atoms with Crippen LogP contribution in [0.3, 0.4) is 0 Å². The molecule has 9 nitrogen and oxygen atoms in total. The third-order valence-electron chi connectivity index (χ3n) is 4.73. The summed E-state index contributed by atoms with van der Waals surface area (Å²) in [5, 5.41) is 5.12. The first-order valence-electron chi connectivity index (χ1n) is 7.61. The summed E-state index contributed by atoms with van der Waals surface area (Å²) in [5.41, 5.74) is -0.205. The Hall–Kier alpha value is -2.97. The van der Waals surface area contributed by atoms with Crippen LogP contribution in [0.15, 0.2) is 17.1 Å². The molecule has 0 saturated carbocycles. The van der Waals surface area contributed by atoms with Crippen LogP contribution in [0.5, 0.6) is 0 Å². The molecule has 2 aliphatic rings. The molecule has 2 aromatic heterocycles. The van der Waals surface area contributed by atoms with Crippen molar-refractivity contribution in [2.24, 2.45) is 5.41 Å². The summed E-state index contributed by atoms with van der Waals surface area (Å²) in [6.45, 7) is 2.25. The third kappa shape index (κ3) is 1.97. The molecule has 24 heavy (non-hydrogen) atoms. The predicted octanol–water partition coefficient (Wildman–Crippen LogP) is -0.790. The van der Waals surface area contributed by atoms with Gasteiger partial charge in [0.05, 0.1) is 5.41 Å². The van der Waals surface area contributed by atoms with Gasteiger partial charge >= 0.3 is 0 Å². The lowest BCUT2D eigenvalue weighted by Gasteiger charge is -2.20. The molecule has 0 aliphatic carbocycles. The topological polar surface area (TPSA) is 117 Å². The molecule has 1 atom stereocenters. The van der Waals surface area contributed by atoms with Crippen molar-refractivity contribution in [3.05, 3.63) is 33.9 Å². The highest BCUT2D eigenvalue weighted by Gasteiger charge is 2.52. The Morgan fingerprint density at radius 2 is 2.12 bits per heavy atom.